The van der Waals surface area contributed by atoms with Gasteiger partial charge in [0.1, 0.15) is 5.82 Å². The van der Waals surface area contributed by atoms with Gasteiger partial charge in [-0.15, -0.1) is 0 Å². The van der Waals surface area contributed by atoms with Gasteiger partial charge in [-0.05, 0) is 30.9 Å². The summed E-state index contributed by atoms with van der Waals surface area (Å²) < 4.78 is 0. The van der Waals surface area contributed by atoms with Crippen LogP contribution in [0.15, 0.2) is 18.3 Å². The van der Waals surface area contributed by atoms with Crippen molar-refractivity contribution < 1.29 is 15.0 Å². The first-order chi connectivity index (χ1) is 8.20. The van der Waals surface area contributed by atoms with Crippen LogP contribution in [0, 0.1) is 5.92 Å². The molecular formula is C12H16N2O3. The highest BCUT2D eigenvalue weighted by molar-refractivity contribution is 5.87. The maximum absolute atomic E-state index is 10.7. The van der Waals surface area contributed by atoms with E-state index in [9.17, 15) is 4.79 Å². The number of aromatic nitrogens is 1. The van der Waals surface area contributed by atoms with Crippen LogP contribution in [0.3, 0.4) is 0 Å². The number of piperidine rings is 1. The third-order valence-corrected chi connectivity index (χ3v) is 3.10. The topological polar surface area (TPSA) is 73.7 Å². The van der Waals surface area contributed by atoms with Gasteiger partial charge in [0.2, 0.25) is 0 Å². The molecule has 17 heavy (non-hydrogen) atoms. The highest BCUT2D eigenvalue weighted by Gasteiger charge is 2.20. The Balaban J connectivity index is 2.08. The number of carboxylic acid groups (broad SMARTS) is 1. The molecule has 1 saturated heterocycles. The fourth-order valence-electron chi connectivity index (χ4n) is 2.12. The maximum atomic E-state index is 10.7. The third kappa shape index (κ3) is 2.74. The summed E-state index contributed by atoms with van der Waals surface area (Å²) in [7, 11) is 0. The van der Waals surface area contributed by atoms with E-state index in [1.807, 2.05) is 0 Å². The van der Waals surface area contributed by atoms with E-state index >= 15 is 0 Å². The van der Waals surface area contributed by atoms with Crippen LogP contribution in [0.1, 0.15) is 23.2 Å². The molecule has 1 aromatic rings. The van der Waals surface area contributed by atoms with E-state index in [1.165, 1.54) is 6.20 Å². The van der Waals surface area contributed by atoms with E-state index < -0.39 is 5.97 Å². The molecule has 0 amide bonds. The molecule has 0 unspecified atom stereocenters. The lowest BCUT2D eigenvalue weighted by molar-refractivity contribution is 0.0696. The summed E-state index contributed by atoms with van der Waals surface area (Å²) in [5.41, 5.74) is 0.199. The van der Waals surface area contributed by atoms with Gasteiger partial charge in [-0.1, -0.05) is 0 Å². The minimum atomic E-state index is -0.962. The molecule has 5 nitrogen and oxygen atoms in total. The monoisotopic (exact) mass is 236 g/mol. The smallest absolute Gasteiger partial charge is 0.337 e. The molecule has 0 bridgehead atoms. The summed E-state index contributed by atoms with van der Waals surface area (Å²) in [6.45, 7) is 1.90. The van der Waals surface area contributed by atoms with Crippen LogP contribution < -0.4 is 4.90 Å². The summed E-state index contributed by atoms with van der Waals surface area (Å²) in [4.78, 5) is 16.9. The van der Waals surface area contributed by atoms with Crippen molar-refractivity contribution in [1.82, 2.24) is 4.98 Å². The fraction of sp³-hybridized carbons (Fsp3) is 0.500. The predicted octanol–water partition coefficient (Wildman–Crippen LogP) is 0.988. The van der Waals surface area contributed by atoms with Crippen molar-refractivity contribution >= 4 is 11.8 Å². The normalized spacial score (nSPS) is 20.3. The van der Waals surface area contributed by atoms with Gasteiger partial charge in [0, 0.05) is 25.9 Å². The number of pyridine rings is 1. The van der Waals surface area contributed by atoms with E-state index in [1.54, 1.807) is 12.1 Å². The van der Waals surface area contributed by atoms with Crippen molar-refractivity contribution in [3.63, 3.8) is 0 Å². The molecule has 0 radical (unpaired) electrons. The molecule has 2 heterocycles. The van der Waals surface area contributed by atoms with E-state index in [2.05, 4.69) is 9.88 Å². The second kappa shape index (κ2) is 5.14. The zero-order valence-corrected chi connectivity index (χ0v) is 9.54. The second-order valence-electron chi connectivity index (χ2n) is 4.35. The Morgan fingerprint density at radius 2 is 2.35 bits per heavy atom. The first kappa shape index (κ1) is 11.9. The van der Waals surface area contributed by atoms with Crippen molar-refractivity contribution in [2.75, 3.05) is 24.6 Å². The largest absolute Gasteiger partial charge is 0.478 e. The molecule has 0 aliphatic carbocycles. The van der Waals surface area contributed by atoms with Crippen molar-refractivity contribution in [1.29, 1.82) is 0 Å². The Morgan fingerprint density at radius 1 is 1.53 bits per heavy atom. The van der Waals surface area contributed by atoms with Gasteiger partial charge in [-0.2, -0.15) is 0 Å². The SMILES string of the molecule is O=C(O)c1ccc(N2CCC[C@H](CO)C2)nc1. The van der Waals surface area contributed by atoms with Gasteiger partial charge in [0.25, 0.3) is 0 Å². The van der Waals surface area contributed by atoms with Crippen molar-refractivity contribution in [2.45, 2.75) is 12.8 Å². The lowest BCUT2D eigenvalue weighted by Crippen LogP contribution is -2.37. The number of aromatic carboxylic acids is 1. The molecule has 1 aromatic heterocycles. The van der Waals surface area contributed by atoms with Gasteiger partial charge in [0.05, 0.1) is 5.56 Å². The molecule has 0 aromatic carbocycles. The Morgan fingerprint density at radius 3 is 2.94 bits per heavy atom. The molecule has 1 aliphatic rings. The number of rotatable bonds is 3. The average Bonchev–Trinajstić information content (AvgIpc) is 2.39. The number of carboxylic acids is 1. The summed E-state index contributed by atoms with van der Waals surface area (Å²) in [5.74, 6) is 0.119. The van der Waals surface area contributed by atoms with Crippen molar-refractivity contribution in [2.24, 2.45) is 5.92 Å². The van der Waals surface area contributed by atoms with Crippen LogP contribution in [-0.4, -0.2) is 40.9 Å². The van der Waals surface area contributed by atoms with Gasteiger partial charge in [0.15, 0.2) is 0 Å². The number of nitrogens with zero attached hydrogens (tertiary/aromatic N) is 2. The molecule has 1 aliphatic heterocycles. The minimum Gasteiger partial charge on any atom is -0.478 e. The molecule has 0 saturated carbocycles. The Bertz CT molecular complexity index is 391. The number of aliphatic hydroxyl groups excluding tert-OH is 1. The minimum absolute atomic E-state index is 0.198. The quantitative estimate of drug-likeness (QED) is 0.818. The number of carbonyl (C=O) groups is 1. The predicted molar refractivity (Wildman–Crippen MR) is 63.2 cm³/mol. The van der Waals surface area contributed by atoms with Crippen LogP contribution in [0.2, 0.25) is 0 Å². The number of hydrogen-bond donors (Lipinski definition) is 2. The average molecular weight is 236 g/mol. The highest BCUT2D eigenvalue weighted by Crippen LogP contribution is 2.21. The van der Waals surface area contributed by atoms with Crippen molar-refractivity contribution in [3.05, 3.63) is 23.9 Å². The second-order valence-corrected chi connectivity index (χ2v) is 4.35. The summed E-state index contributed by atoms with van der Waals surface area (Å²) in [6.07, 6.45) is 3.45. The Hall–Kier alpha value is -1.62. The van der Waals surface area contributed by atoms with E-state index in [4.69, 9.17) is 10.2 Å². The standard InChI is InChI=1S/C12H16N2O3/c15-8-9-2-1-5-14(7-9)11-4-3-10(6-13-11)12(16)17/h3-4,6,9,15H,1-2,5,7-8H2,(H,16,17)/t9-/m0/s1. The van der Waals surface area contributed by atoms with Gasteiger partial charge < -0.3 is 15.1 Å². The van der Waals surface area contributed by atoms with E-state index in [0.29, 0.717) is 5.92 Å². The van der Waals surface area contributed by atoms with Crippen LogP contribution in [0.5, 0.6) is 0 Å². The first-order valence-corrected chi connectivity index (χ1v) is 5.76. The van der Waals surface area contributed by atoms with Gasteiger partial charge >= 0.3 is 5.97 Å². The molecule has 0 spiro atoms. The molecule has 5 heteroatoms. The molecule has 1 fully saturated rings. The molecule has 2 rings (SSSR count). The van der Waals surface area contributed by atoms with Crippen molar-refractivity contribution in [3.8, 4) is 0 Å². The summed E-state index contributed by atoms with van der Waals surface area (Å²) >= 11 is 0. The first-order valence-electron chi connectivity index (χ1n) is 5.76. The number of anilines is 1. The highest BCUT2D eigenvalue weighted by atomic mass is 16.4. The summed E-state index contributed by atoms with van der Waals surface area (Å²) in [6, 6.07) is 3.29. The lowest BCUT2D eigenvalue weighted by atomic mass is 9.99. The van der Waals surface area contributed by atoms with Gasteiger partial charge in [-0.25, -0.2) is 9.78 Å². The fourth-order valence-corrected chi connectivity index (χ4v) is 2.12. The molecular weight excluding hydrogens is 220 g/mol. The maximum Gasteiger partial charge on any atom is 0.337 e. The summed E-state index contributed by atoms with van der Waals surface area (Å²) in [5, 5.41) is 17.9. The zero-order valence-electron chi connectivity index (χ0n) is 9.54. The van der Waals surface area contributed by atoms with Crippen LogP contribution in [0.25, 0.3) is 0 Å². The molecule has 92 valence electrons. The Kier molecular flexibility index (Phi) is 3.58. The van der Waals surface area contributed by atoms with E-state index in [0.717, 1.165) is 31.7 Å². The third-order valence-electron chi connectivity index (χ3n) is 3.10. The van der Waals surface area contributed by atoms with Crippen LogP contribution in [0.4, 0.5) is 5.82 Å². The lowest BCUT2D eigenvalue weighted by Gasteiger charge is -2.32. The van der Waals surface area contributed by atoms with E-state index in [-0.39, 0.29) is 12.2 Å². The number of aliphatic hydroxyl groups is 1. The van der Waals surface area contributed by atoms with Gasteiger partial charge in [-0.3, -0.25) is 0 Å². The van der Waals surface area contributed by atoms with Crippen LogP contribution >= 0.6 is 0 Å². The Labute approximate surface area is 99.7 Å². The molecule has 1 atom stereocenters. The molecule has 2 N–H and O–H groups in total. The zero-order chi connectivity index (χ0) is 12.3. The number of hydrogen-bond acceptors (Lipinski definition) is 4. The van der Waals surface area contributed by atoms with Crippen LogP contribution in [-0.2, 0) is 0 Å².